The molecule has 0 aliphatic rings. The topological polar surface area (TPSA) is 63.8 Å². The number of hydrogen-bond acceptors (Lipinski definition) is 4. The molecule has 0 atom stereocenters. The van der Waals surface area contributed by atoms with E-state index in [0.29, 0.717) is 16.5 Å². The van der Waals surface area contributed by atoms with Gasteiger partial charge in [-0.05, 0) is 63.6 Å². The van der Waals surface area contributed by atoms with Gasteiger partial charge in [0.25, 0.3) is 5.91 Å². The Kier molecular flexibility index (Phi) is 5.11. The minimum atomic E-state index is -1.09. The average molecular weight is 335 g/mol. The molecule has 0 saturated heterocycles. The molecule has 122 valence electrons. The number of benzene rings is 1. The van der Waals surface area contributed by atoms with Gasteiger partial charge in [-0.15, -0.1) is 0 Å². The summed E-state index contributed by atoms with van der Waals surface area (Å²) in [6, 6.07) is 8.82. The molecule has 1 N–H and O–H groups in total. The fourth-order valence-corrected chi connectivity index (χ4v) is 1.95. The van der Waals surface area contributed by atoms with E-state index in [9.17, 15) is 4.79 Å². The van der Waals surface area contributed by atoms with E-state index in [1.165, 1.54) is 6.21 Å². The van der Waals surface area contributed by atoms with Crippen LogP contribution in [0.5, 0.6) is 5.75 Å². The SMILES string of the molecule is Cc1ccc(/C=N/NC(=O)C(C)(C)Oc2ccc(Cl)c(C)c2)o1. The molecule has 23 heavy (non-hydrogen) atoms. The molecule has 0 aliphatic heterocycles. The second kappa shape index (κ2) is 6.87. The van der Waals surface area contributed by atoms with Gasteiger partial charge in [0.05, 0.1) is 6.21 Å². The van der Waals surface area contributed by atoms with Crippen molar-refractivity contribution in [1.29, 1.82) is 0 Å². The maximum atomic E-state index is 12.2. The molecule has 0 unspecified atom stereocenters. The van der Waals surface area contributed by atoms with Crippen molar-refractivity contribution in [2.24, 2.45) is 5.10 Å². The van der Waals surface area contributed by atoms with Gasteiger partial charge < -0.3 is 9.15 Å². The van der Waals surface area contributed by atoms with E-state index in [1.807, 2.05) is 19.9 Å². The van der Waals surface area contributed by atoms with Crippen LogP contribution in [-0.4, -0.2) is 17.7 Å². The number of aryl methyl sites for hydroxylation is 2. The Hall–Kier alpha value is -2.27. The van der Waals surface area contributed by atoms with Crippen LogP contribution in [0.2, 0.25) is 5.02 Å². The highest BCUT2D eigenvalue weighted by atomic mass is 35.5. The second-order valence-electron chi connectivity index (χ2n) is 5.67. The summed E-state index contributed by atoms with van der Waals surface area (Å²) in [4.78, 5) is 12.2. The maximum Gasteiger partial charge on any atom is 0.283 e. The Bertz CT molecular complexity index is 735. The van der Waals surface area contributed by atoms with Crippen molar-refractivity contribution in [3.63, 3.8) is 0 Å². The smallest absolute Gasteiger partial charge is 0.283 e. The van der Waals surface area contributed by atoms with Crippen molar-refractivity contribution in [1.82, 2.24) is 5.43 Å². The van der Waals surface area contributed by atoms with E-state index in [1.54, 1.807) is 38.1 Å². The highest BCUT2D eigenvalue weighted by molar-refractivity contribution is 6.31. The molecule has 1 heterocycles. The van der Waals surface area contributed by atoms with Crippen molar-refractivity contribution in [3.05, 3.63) is 52.4 Å². The average Bonchev–Trinajstić information content (AvgIpc) is 2.88. The quantitative estimate of drug-likeness (QED) is 0.667. The van der Waals surface area contributed by atoms with Crippen LogP contribution in [0.4, 0.5) is 0 Å². The van der Waals surface area contributed by atoms with Crippen LogP contribution >= 0.6 is 11.6 Å². The summed E-state index contributed by atoms with van der Waals surface area (Å²) in [6.45, 7) is 7.04. The van der Waals surface area contributed by atoms with Crippen molar-refractivity contribution < 1.29 is 13.9 Å². The molecule has 5 nitrogen and oxygen atoms in total. The lowest BCUT2D eigenvalue weighted by Gasteiger charge is -2.24. The zero-order valence-corrected chi connectivity index (χ0v) is 14.3. The zero-order chi connectivity index (χ0) is 17.0. The van der Waals surface area contributed by atoms with E-state index in [-0.39, 0.29) is 5.91 Å². The van der Waals surface area contributed by atoms with E-state index < -0.39 is 5.60 Å². The molecule has 2 aromatic rings. The molecule has 6 heteroatoms. The fraction of sp³-hybridized carbons (Fsp3) is 0.294. The summed E-state index contributed by atoms with van der Waals surface area (Å²) < 4.78 is 11.1. The first-order chi connectivity index (χ1) is 10.8. The van der Waals surface area contributed by atoms with Crippen molar-refractivity contribution in [2.75, 3.05) is 0 Å². The van der Waals surface area contributed by atoms with E-state index in [0.717, 1.165) is 11.3 Å². The zero-order valence-electron chi connectivity index (χ0n) is 13.5. The van der Waals surface area contributed by atoms with Gasteiger partial charge >= 0.3 is 0 Å². The van der Waals surface area contributed by atoms with Gasteiger partial charge in [0.1, 0.15) is 17.3 Å². The Balaban J connectivity index is 1.98. The first-order valence-electron chi connectivity index (χ1n) is 7.13. The lowest BCUT2D eigenvalue weighted by Crippen LogP contribution is -2.44. The van der Waals surface area contributed by atoms with Gasteiger partial charge in [0, 0.05) is 5.02 Å². The summed E-state index contributed by atoms with van der Waals surface area (Å²) in [6.07, 6.45) is 1.44. The molecule has 1 amide bonds. The summed E-state index contributed by atoms with van der Waals surface area (Å²) in [5.74, 6) is 1.54. The van der Waals surface area contributed by atoms with Gasteiger partial charge in [-0.3, -0.25) is 4.79 Å². The second-order valence-corrected chi connectivity index (χ2v) is 6.08. The normalized spacial score (nSPS) is 11.7. The summed E-state index contributed by atoms with van der Waals surface area (Å²) in [5, 5.41) is 4.53. The number of ether oxygens (including phenoxy) is 1. The highest BCUT2D eigenvalue weighted by Gasteiger charge is 2.30. The molecule has 0 spiro atoms. The predicted octanol–water partition coefficient (Wildman–Crippen LogP) is 3.86. The fourth-order valence-electron chi connectivity index (χ4n) is 1.83. The third kappa shape index (κ3) is 4.60. The Morgan fingerprint density at radius 2 is 2.04 bits per heavy atom. The van der Waals surface area contributed by atoms with Gasteiger partial charge in [-0.25, -0.2) is 5.43 Å². The summed E-state index contributed by atoms with van der Waals surface area (Å²) in [7, 11) is 0. The molecule has 0 bridgehead atoms. The van der Waals surface area contributed by atoms with Crippen LogP contribution in [0.1, 0.15) is 30.9 Å². The lowest BCUT2D eigenvalue weighted by molar-refractivity contribution is -0.134. The number of nitrogens with one attached hydrogen (secondary N) is 1. The number of furan rings is 1. The standard InChI is InChI=1S/C17H19ClN2O3/c1-11-9-13(7-8-15(11)18)23-17(3,4)16(21)20-19-10-14-6-5-12(2)22-14/h5-10H,1-4H3,(H,20,21)/b19-10+. The molecule has 0 fully saturated rings. The molecular weight excluding hydrogens is 316 g/mol. The number of amides is 1. The van der Waals surface area contributed by atoms with Crippen LogP contribution in [-0.2, 0) is 4.79 Å². The number of hydrogen-bond donors (Lipinski definition) is 1. The van der Waals surface area contributed by atoms with E-state index >= 15 is 0 Å². The monoisotopic (exact) mass is 334 g/mol. The maximum absolute atomic E-state index is 12.2. The van der Waals surface area contributed by atoms with Crippen molar-refractivity contribution >= 4 is 23.7 Å². The van der Waals surface area contributed by atoms with Crippen LogP contribution < -0.4 is 10.2 Å². The first kappa shape index (κ1) is 17.1. The lowest BCUT2D eigenvalue weighted by atomic mass is 10.1. The van der Waals surface area contributed by atoms with Gasteiger partial charge in [-0.2, -0.15) is 5.10 Å². The van der Waals surface area contributed by atoms with Gasteiger partial charge in [0.15, 0.2) is 5.60 Å². The largest absolute Gasteiger partial charge is 0.478 e. The number of hydrazone groups is 1. The number of halogens is 1. The third-order valence-corrected chi connectivity index (χ3v) is 3.59. The van der Waals surface area contributed by atoms with E-state index in [2.05, 4.69) is 10.5 Å². The van der Waals surface area contributed by atoms with Crippen molar-refractivity contribution in [2.45, 2.75) is 33.3 Å². The molecule has 2 rings (SSSR count). The molecule has 1 aromatic heterocycles. The van der Waals surface area contributed by atoms with Crippen molar-refractivity contribution in [3.8, 4) is 5.75 Å². The molecular formula is C17H19ClN2O3. The predicted molar refractivity (Wildman–Crippen MR) is 90.1 cm³/mol. The van der Waals surface area contributed by atoms with Crippen LogP contribution in [0.15, 0.2) is 39.9 Å². The first-order valence-corrected chi connectivity index (χ1v) is 7.51. The van der Waals surface area contributed by atoms with Crippen LogP contribution in [0, 0.1) is 13.8 Å². The minimum absolute atomic E-state index is 0.371. The van der Waals surface area contributed by atoms with Crippen LogP contribution in [0.3, 0.4) is 0 Å². The van der Waals surface area contributed by atoms with Crippen LogP contribution in [0.25, 0.3) is 0 Å². The Morgan fingerprint density at radius 3 is 2.65 bits per heavy atom. The van der Waals surface area contributed by atoms with Gasteiger partial charge in [0.2, 0.25) is 0 Å². The molecule has 0 saturated carbocycles. The highest BCUT2D eigenvalue weighted by Crippen LogP contribution is 2.24. The minimum Gasteiger partial charge on any atom is -0.478 e. The third-order valence-electron chi connectivity index (χ3n) is 3.17. The Morgan fingerprint density at radius 1 is 1.30 bits per heavy atom. The summed E-state index contributed by atoms with van der Waals surface area (Å²) >= 11 is 5.98. The Labute approximate surface area is 140 Å². The number of carbonyl (C=O) groups excluding carboxylic acids is 1. The number of rotatable bonds is 5. The molecule has 0 radical (unpaired) electrons. The number of nitrogens with zero attached hydrogens (tertiary/aromatic N) is 1. The van der Waals surface area contributed by atoms with E-state index in [4.69, 9.17) is 20.8 Å². The molecule has 0 aliphatic carbocycles. The van der Waals surface area contributed by atoms with Gasteiger partial charge in [-0.1, -0.05) is 11.6 Å². The number of carbonyl (C=O) groups is 1. The summed E-state index contributed by atoms with van der Waals surface area (Å²) in [5.41, 5.74) is 2.24. The molecule has 1 aromatic carbocycles.